The van der Waals surface area contributed by atoms with Crippen LogP contribution in [0.5, 0.6) is 0 Å². The summed E-state index contributed by atoms with van der Waals surface area (Å²) in [6.07, 6.45) is 0.716. The van der Waals surface area contributed by atoms with Crippen molar-refractivity contribution in [2.24, 2.45) is 0 Å². The number of nitrogens with zero attached hydrogens (tertiary/aromatic N) is 3. The van der Waals surface area contributed by atoms with E-state index in [0.29, 0.717) is 13.0 Å². The van der Waals surface area contributed by atoms with Crippen molar-refractivity contribution in [3.8, 4) is 0 Å². The highest BCUT2D eigenvalue weighted by Gasteiger charge is 2.18. The lowest BCUT2D eigenvalue weighted by Crippen LogP contribution is -2.38. The minimum absolute atomic E-state index is 0.179. The minimum atomic E-state index is -0.242. The van der Waals surface area contributed by atoms with Gasteiger partial charge in [0.25, 0.3) is 0 Å². The van der Waals surface area contributed by atoms with E-state index >= 15 is 0 Å². The van der Waals surface area contributed by atoms with Gasteiger partial charge in [0.15, 0.2) is 4.34 Å². The van der Waals surface area contributed by atoms with E-state index in [-0.39, 0.29) is 12.0 Å². The highest BCUT2D eigenvalue weighted by Crippen LogP contribution is 2.27. The van der Waals surface area contributed by atoms with Crippen LogP contribution in [0.25, 0.3) is 0 Å². The van der Waals surface area contributed by atoms with Crippen LogP contribution in [0.15, 0.2) is 4.34 Å². The Hall–Kier alpha value is -0.860. The summed E-state index contributed by atoms with van der Waals surface area (Å²) >= 11 is 3.17. The maximum absolute atomic E-state index is 11.7. The minimum Gasteiger partial charge on any atom is -0.465 e. The largest absolute Gasteiger partial charge is 0.465 e. The molecule has 1 aromatic heterocycles. The molecule has 0 aliphatic carbocycles. The molecule has 0 fully saturated rings. The topological polar surface area (TPSA) is 67.4 Å². The zero-order valence-electron chi connectivity index (χ0n) is 12.4. The summed E-state index contributed by atoms with van der Waals surface area (Å²) < 4.78 is 5.98. The summed E-state index contributed by atoms with van der Waals surface area (Å²) in [6, 6.07) is -0.242. The second-order valence-corrected chi connectivity index (χ2v) is 6.54. The smallest absolute Gasteiger partial charge is 0.323 e. The van der Waals surface area contributed by atoms with Gasteiger partial charge in [0.1, 0.15) is 6.04 Å². The molecule has 0 radical (unpaired) electrons. The summed E-state index contributed by atoms with van der Waals surface area (Å²) in [5.74, 6) is 0.625. The predicted molar refractivity (Wildman–Crippen MR) is 83.7 cm³/mol. The quantitative estimate of drug-likeness (QED) is 0.548. The molecule has 1 rings (SSSR count). The molecule has 1 atom stereocenters. The number of hydrogen-bond donors (Lipinski definition) is 1. The van der Waals surface area contributed by atoms with Crippen LogP contribution >= 0.6 is 23.1 Å². The molecule has 6 nitrogen and oxygen atoms in total. The van der Waals surface area contributed by atoms with Crippen LogP contribution in [0, 0.1) is 0 Å². The molecule has 0 aliphatic rings. The van der Waals surface area contributed by atoms with Crippen molar-refractivity contribution in [1.29, 1.82) is 0 Å². The molecule has 0 saturated carbocycles. The summed E-state index contributed by atoms with van der Waals surface area (Å²) in [6.45, 7) is 4.96. The van der Waals surface area contributed by atoms with Crippen LogP contribution in [0.2, 0.25) is 0 Å². The van der Waals surface area contributed by atoms with E-state index in [1.807, 2.05) is 32.8 Å². The van der Waals surface area contributed by atoms with Crippen molar-refractivity contribution >= 4 is 34.2 Å². The Morgan fingerprint density at radius 3 is 2.75 bits per heavy atom. The average Bonchev–Trinajstić information content (AvgIpc) is 2.87. The lowest BCUT2D eigenvalue weighted by Gasteiger charge is -2.15. The number of hydrogen-bond acceptors (Lipinski definition) is 8. The second-order valence-electron chi connectivity index (χ2n) is 4.24. The maximum Gasteiger partial charge on any atom is 0.323 e. The maximum atomic E-state index is 11.7. The third-order valence-corrected chi connectivity index (χ3v) is 4.69. The standard InChI is InChI=1S/C12H22N4O2S2/c1-5-13-9(10(17)18-6-2)7-8-19-12-15-14-11(20-12)16(3)4/h9,13H,5-8H2,1-4H3. The van der Waals surface area contributed by atoms with E-state index in [1.165, 1.54) is 0 Å². The van der Waals surface area contributed by atoms with Gasteiger partial charge < -0.3 is 15.0 Å². The van der Waals surface area contributed by atoms with Gasteiger partial charge in [-0.15, -0.1) is 10.2 Å². The van der Waals surface area contributed by atoms with E-state index in [2.05, 4.69) is 15.5 Å². The van der Waals surface area contributed by atoms with E-state index < -0.39 is 0 Å². The first-order valence-corrected chi connectivity index (χ1v) is 8.42. The average molecular weight is 318 g/mol. The van der Waals surface area contributed by atoms with Gasteiger partial charge in [-0.2, -0.15) is 0 Å². The summed E-state index contributed by atoms with van der Waals surface area (Å²) in [5, 5.41) is 12.2. The Morgan fingerprint density at radius 1 is 1.45 bits per heavy atom. The van der Waals surface area contributed by atoms with Crippen molar-refractivity contribution in [3.63, 3.8) is 0 Å². The molecule has 0 aliphatic heterocycles. The van der Waals surface area contributed by atoms with Crippen LogP contribution in [0.1, 0.15) is 20.3 Å². The zero-order valence-corrected chi connectivity index (χ0v) is 14.0. The van der Waals surface area contributed by atoms with E-state index in [0.717, 1.165) is 21.8 Å². The number of nitrogens with one attached hydrogen (secondary N) is 1. The van der Waals surface area contributed by atoms with Crippen molar-refractivity contribution < 1.29 is 9.53 Å². The Bertz CT molecular complexity index is 412. The molecule has 0 spiro atoms. The molecule has 1 unspecified atom stereocenters. The number of thioether (sulfide) groups is 1. The fraction of sp³-hybridized carbons (Fsp3) is 0.750. The van der Waals surface area contributed by atoms with Gasteiger partial charge in [0, 0.05) is 19.8 Å². The lowest BCUT2D eigenvalue weighted by atomic mass is 10.2. The molecule has 1 heterocycles. The van der Waals surface area contributed by atoms with Gasteiger partial charge in [-0.05, 0) is 19.9 Å². The Morgan fingerprint density at radius 2 is 2.20 bits per heavy atom. The van der Waals surface area contributed by atoms with Crippen LogP contribution in [-0.4, -0.2) is 55.2 Å². The first-order chi connectivity index (χ1) is 9.58. The number of carbonyl (C=O) groups is 1. The fourth-order valence-corrected chi connectivity index (χ4v) is 3.34. The van der Waals surface area contributed by atoms with Crippen LogP contribution < -0.4 is 10.2 Å². The van der Waals surface area contributed by atoms with Crippen molar-refractivity contribution in [2.75, 3.05) is 37.9 Å². The molecule has 20 heavy (non-hydrogen) atoms. The summed E-state index contributed by atoms with van der Waals surface area (Å²) in [7, 11) is 3.88. The van der Waals surface area contributed by atoms with E-state index in [9.17, 15) is 4.79 Å². The van der Waals surface area contributed by atoms with Crippen molar-refractivity contribution in [2.45, 2.75) is 30.6 Å². The molecule has 114 valence electrons. The highest BCUT2D eigenvalue weighted by atomic mass is 32.2. The monoisotopic (exact) mass is 318 g/mol. The molecule has 0 saturated heterocycles. The number of esters is 1. The van der Waals surface area contributed by atoms with Gasteiger partial charge in [-0.3, -0.25) is 4.79 Å². The fourth-order valence-electron chi connectivity index (χ4n) is 1.50. The van der Waals surface area contributed by atoms with E-state index in [1.54, 1.807) is 23.1 Å². The molecule has 0 amide bonds. The number of carbonyl (C=O) groups excluding carboxylic acids is 1. The van der Waals surface area contributed by atoms with Crippen LogP contribution in [-0.2, 0) is 9.53 Å². The van der Waals surface area contributed by atoms with Crippen LogP contribution in [0.3, 0.4) is 0 Å². The molecular weight excluding hydrogens is 296 g/mol. The SMILES string of the molecule is CCNC(CCSc1nnc(N(C)C)s1)C(=O)OCC. The molecule has 0 aromatic carbocycles. The van der Waals surface area contributed by atoms with Gasteiger partial charge in [-0.25, -0.2) is 0 Å². The second kappa shape index (κ2) is 9.15. The number of likely N-dealkylation sites (N-methyl/N-ethyl adjacent to an activating group) is 1. The number of aromatic nitrogens is 2. The molecule has 1 N–H and O–H groups in total. The Balaban J connectivity index is 2.40. The highest BCUT2D eigenvalue weighted by molar-refractivity contribution is 8.01. The van der Waals surface area contributed by atoms with Crippen molar-refractivity contribution in [1.82, 2.24) is 15.5 Å². The summed E-state index contributed by atoms with van der Waals surface area (Å²) in [4.78, 5) is 13.7. The van der Waals surface area contributed by atoms with Gasteiger partial charge >= 0.3 is 5.97 Å². The molecule has 1 aromatic rings. The Labute approximate surface area is 128 Å². The number of rotatable bonds is 9. The number of ether oxygens (including phenoxy) is 1. The Kier molecular flexibility index (Phi) is 7.86. The van der Waals surface area contributed by atoms with Crippen LogP contribution in [0.4, 0.5) is 5.13 Å². The molecule has 0 bridgehead atoms. The first kappa shape index (κ1) is 17.2. The van der Waals surface area contributed by atoms with Crippen molar-refractivity contribution in [3.05, 3.63) is 0 Å². The number of anilines is 1. The first-order valence-electron chi connectivity index (χ1n) is 6.62. The zero-order chi connectivity index (χ0) is 15.0. The lowest BCUT2D eigenvalue weighted by molar-refractivity contribution is -0.145. The van der Waals surface area contributed by atoms with Gasteiger partial charge in [-0.1, -0.05) is 30.0 Å². The molecule has 8 heteroatoms. The predicted octanol–water partition coefficient (Wildman–Crippen LogP) is 1.63. The van der Waals surface area contributed by atoms with Gasteiger partial charge in [0.2, 0.25) is 5.13 Å². The third kappa shape index (κ3) is 5.64. The normalized spacial score (nSPS) is 12.2. The summed E-state index contributed by atoms with van der Waals surface area (Å²) in [5.41, 5.74) is 0. The van der Waals surface area contributed by atoms with Gasteiger partial charge in [0.05, 0.1) is 6.61 Å². The molecular formula is C12H22N4O2S2. The van der Waals surface area contributed by atoms with E-state index in [4.69, 9.17) is 4.74 Å². The third-order valence-electron chi connectivity index (χ3n) is 2.43.